The minimum absolute atomic E-state index is 0.0687. The molecule has 3 rings (SSSR count). The monoisotopic (exact) mass is 382 g/mol. The normalized spacial score (nSPS) is 15.9. The van der Waals surface area contributed by atoms with E-state index in [-0.39, 0.29) is 24.5 Å². The van der Waals surface area contributed by atoms with Crippen molar-refractivity contribution in [2.45, 2.75) is 32.8 Å². The minimum atomic E-state index is -0.348. The number of amides is 2. The van der Waals surface area contributed by atoms with E-state index in [2.05, 4.69) is 10.6 Å². The highest BCUT2D eigenvalue weighted by molar-refractivity contribution is 6.01. The van der Waals surface area contributed by atoms with E-state index in [1.54, 1.807) is 18.2 Å². The predicted octanol–water partition coefficient (Wildman–Crippen LogP) is 3.23. The molecule has 0 saturated carbocycles. The molecule has 0 bridgehead atoms. The number of ether oxygens (including phenoxy) is 2. The molecule has 6 nitrogen and oxygen atoms in total. The van der Waals surface area contributed by atoms with Crippen LogP contribution in [0.15, 0.2) is 42.5 Å². The number of benzene rings is 2. The maximum absolute atomic E-state index is 12.6. The van der Waals surface area contributed by atoms with Crippen molar-refractivity contribution in [2.24, 2.45) is 0 Å². The lowest BCUT2D eigenvalue weighted by molar-refractivity contribution is -0.115. The summed E-state index contributed by atoms with van der Waals surface area (Å²) in [5, 5.41) is 5.52. The first-order chi connectivity index (χ1) is 13.5. The van der Waals surface area contributed by atoms with Crippen LogP contribution in [0.2, 0.25) is 0 Å². The molecule has 2 amide bonds. The molecule has 1 heterocycles. The molecule has 1 fully saturated rings. The van der Waals surface area contributed by atoms with E-state index in [1.165, 1.54) is 0 Å². The van der Waals surface area contributed by atoms with Gasteiger partial charge in [-0.05, 0) is 49.9 Å². The van der Waals surface area contributed by atoms with Gasteiger partial charge in [-0.2, -0.15) is 0 Å². The second-order valence-corrected chi connectivity index (χ2v) is 6.94. The number of aryl methyl sites for hydroxylation is 2. The van der Waals surface area contributed by atoms with Crippen LogP contribution in [-0.2, 0) is 9.53 Å². The van der Waals surface area contributed by atoms with Crippen LogP contribution in [0.5, 0.6) is 5.75 Å². The highest BCUT2D eigenvalue weighted by Crippen LogP contribution is 2.21. The molecule has 28 heavy (non-hydrogen) atoms. The topological polar surface area (TPSA) is 76.7 Å². The van der Waals surface area contributed by atoms with Gasteiger partial charge in [0.1, 0.15) is 12.4 Å². The number of hydrogen-bond acceptors (Lipinski definition) is 4. The highest BCUT2D eigenvalue weighted by Gasteiger charge is 2.18. The molecule has 6 heteroatoms. The first kappa shape index (κ1) is 19.9. The summed E-state index contributed by atoms with van der Waals surface area (Å²) in [6.45, 7) is 4.92. The smallest absolute Gasteiger partial charge is 0.255 e. The fraction of sp³-hybridized carbons (Fsp3) is 0.364. The Hall–Kier alpha value is -2.86. The molecular weight excluding hydrogens is 356 g/mol. The maximum Gasteiger partial charge on any atom is 0.255 e. The number of rotatable bonds is 7. The molecule has 1 aliphatic rings. The fourth-order valence-electron chi connectivity index (χ4n) is 3.19. The van der Waals surface area contributed by atoms with Gasteiger partial charge in [0.05, 0.1) is 18.2 Å². The Labute approximate surface area is 165 Å². The Balaban J connectivity index is 1.56. The SMILES string of the molecule is Cc1cccc(C)c1NC(=O)CNC(=O)c1ccccc1OCC1CCCO1. The van der Waals surface area contributed by atoms with Gasteiger partial charge in [0.15, 0.2) is 0 Å². The van der Waals surface area contributed by atoms with Gasteiger partial charge >= 0.3 is 0 Å². The molecule has 1 aliphatic heterocycles. The van der Waals surface area contributed by atoms with Gasteiger partial charge in [-0.15, -0.1) is 0 Å². The molecule has 1 unspecified atom stereocenters. The van der Waals surface area contributed by atoms with E-state index in [9.17, 15) is 9.59 Å². The van der Waals surface area contributed by atoms with Crippen LogP contribution in [0.25, 0.3) is 0 Å². The Morgan fingerprint density at radius 1 is 1.11 bits per heavy atom. The quantitative estimate of drug-likeness (QED) is 0.771. The summed E-state index contributed by atoms with van der Waals surface area (Å²) in [5.41, 5.74) is 3.14. The van der Waals surface area contributed by atoms with Crippen molar-refractivity contribution in [2.75, 3.05) is 25.1 Å². The lowest BCUT2D eigenvalue weighted by atomic mass is 10.1. The van der Waals surface area contributed by atoms with Crippen molar-refractivity contribution in [3.05, 3.63) is 59.2 Å². The Kier molecular flexibility index (Phi) is 6.66. The molecule has 2 N–H and O–H groups in total. The van der Waals surface area contributed by atoms with E-state index in [1.807, 2.05) is 38.1 Å². The van der Waals surface area contributed by atoms with Crippen molar-refractivity contribution < 1.29 is 19.1 Å². The van der Waals surface area contributed by atoms with Gasteiger partial charge in [0, 0.05) is 12.3 Å². The van der Waals surface area contributed by atoms with Crippen LogP contribution in [0.4, 0.5) is 5.69 Å². The van der Waals surface area contributed by atoms with Gasteiger partial charge in [-0.3, -0.25) is 9.59 Å². The molecule has 2 aromatic carbocycles. The Morgan fingerprint density at radius 3 is 2.57 bits per heavy atom. The van der Waals surface area contributed by atoms with Crippen LogP contribution in [-0.4, -0.2) is 37.7 Å². The summed E-state index contributed by atoms with van der Waals surface area (Å²) in [4.78, 5) is 24.8. The maximum atomic E-state index is 12.6. The third-order valence-electron chi connectivity index (χ3n) is 4.74. The van der Waals surface area contributed by atoms with Crippen molar-refractivity contribution in [1.29, 1.82) is 0 Å². The summed E-state index contributed by atoms with van der Waals surface area (Å²) < 4.78 is 11.3. The van der Waals surface area contributed by atoms with Crippen molar-refractivity contribution in [1.82, 2.24) is 5.32 Å². The Bertz CT molecular complexity index is 824. The van der Waals surface area contributed by atoms with E-state index in [0.717, 1.165) is 36.3 Å². The van der Waals surface area contributed by atoms with Gasteiger partial charge < -0.3 is 20.1 Å². The lowest BCUT2D eigenvalue weighted by Gasteiger charge is -2.15. The van der Waals surface area contributed by atoms with Crippen LogP contribution < -0.4 is 15.4 Å². The molecule has 1 atom stereocenters. The third kappa shape index (κ3) is 5.10. The number of carbonyl (C=O) groups excluding carboxylic acids is 2. The standard InChI is InChI=1S/C22H26N2O4/c1-15-7-5-8-16(2)21(15)24-20(25)13-23-22(26)18-10-3-4-11-19(18)28-14-17-9-6-12-27-17/h3-5,7-8,10-11,17H,6,9,12-14H2,1-2H3,(H,23,26)(H,24,25). The molecule has 0 aliphatic carbocycles. The molecule has 0 aromatic heterocycles. The summed E-state index contributed by atoms with van der Waals surface area (Å²) in [6.07, 6.45) is 2.07. The first-order valence-electron chi connectivity index (χ1n) is 9.52. The fourth-order valence-corrected chi connectivity index (χ4v) is 3.19. The molecule has 2 aromatic rings. The third-order valence-corrected chi connectivity index (χ3v) is 4.74. The number of carbonyl (C=O) groups is 2. The van der Waals surface area contributed by atoms with Gasteiger partial charge in [0.2, 0.25) is 5.91 Å². The summed E-state index contributed by atoms with van der Waals surface area (Å²) in [7, 11) is 0. The van der Waals surface area contributed by atoms with E-state index < -0.39 is 0 Å². The average Bonchev–Trinajstić information content (AvgIpc) is 3.21. The zero-order valence-corrected chi connectivity index (χ0v) is 16.3. The number of anilines is 1. The predicted molar refractivity (Wildman–Crippen MR) is 108 cm³/mol. The van der Waals surface area contributed by atoms with Crippen LogP contribution >= 0.6 is 0 Å². The number of para-hydroxylation sites is 2. The van der Waals surface area contributed by atoms with Gasteiger partial charge in [0.25, 0.3) is 5.91 Å². The molecule has 0 radical (unpaired) electrons. The second-order valence-electron chi connectivity index (χ2n) is 6.94. The first-order valence-corrected chi connectivity index (χ1v) is 9.52. The van der Waals surface area contributed by atoms with Crippen LogP contribution in [0, 0.1) is 13.8 Å². The number of hydrogen-bond donors (Lipinski definition) is 2. The van der Waals surface area contributed by atoms with Crippen molar-refractivity contribution >= 4 is 17.5 Å². The largest absolute Gasteiger partial charge is 0.490 e. The summed E-state index contributed by atoms with van der Waals surface area (Å²) in [6, 6.07) is 12.8. The van der Waals surface area contributed by atoms with Crippen molar-refractivity contribution in [3.63, 3.8) is 0 Å². The van der Waals surface area contributed by atoms with E-state index in [0.29, 0.717) is 17.9 Å². The van der Waals surface area contributed by atoms with E-state index in [4.69, 9.17) is 9.47 Å². The van der Waals surface area contributed by atoms with Gasteiger partial charge in [-0.25, -0.2) is 0 Å². The highest BCUT2D eigenvalue weighted by atomic mass is 16.5. The zero-order chi connectivity index (χ0) is 19.9. The van der Waals surface area contributed by atoms with Crippen molar-refractivity contribution in [3.8, 4) is 5.75 Å². The number of nitrogens with one attached hydrogen (secondary N) is 2. The molecular formula is C22H26N2O4. The average molecular weight is 382 g/mol. The van der Waals surface area contributed by atoms with Gasteiger partial charge in [-0.1, -0.05) is 30.3 Å². The van der Waals surface area contributed by atoms with E-state index >= 15 is 0 Å². The molecule has 0 spiro atoms. The summed E-state index contributed by atoms with van der Waals surface area (Å²) >= 11 is 0. The second kappa shape index (κ2) is 9.37. The van der Waals surface area contributed by atoms with Crippen LogP contribution in [0.1, 0.15) is 34.3 Å². The molecule has 148 valence electrons. The zero-order valence-electron chi connectivity index (χ0n) is 16.3. The van der Waals surface area contributed by atoms with Crippen LogP contribution in [0.3, 0.4) is 0 Å². The Morgan fingerprint density at radius 2 is 1.86 bits per heavy atom. The lowest BCUT2D eigenvalue weighted by Crippen LogP contribution is -2.33. The minimum Gasteiger partial charge on any atom is -0.490 e. The molecule has 1 saturated heterocycles. The summed E-state index contributed by atoms with van der Waals surface area (Å²) in [5.74, 6) is -0.131.